The molecular weight excluding hydrogens is 224 g/mol. The molecule has 0 unspecified atom stereocenters. The Morgan fingerprint density at radius 3 is 2.61 bits per heavy atom. The molecule has 0 aliphatic carbocycles. The second-order valence-corrected chi connectivity index (χ2v) is 4.35. The highest BCUT2D eigenvalue weighted by atomic mass is 16.4. The van der Waals surface area contributed by atoms with Crippen LogP contribution in [-0.2, 0) is 13.0 Å². The van der Waals surface area contributed by atoms with Crippen LogP contribution in [0.3, 0.4) is 0 Å². The second kappa shape index (κ2) is 6.36. The summed E-state index contributed by atoms with van der Waals surface area (Å²) in [6.07, 6.45) is 3.97. The Balaban J connectivity index is 2.04. The third-order valence-corrected chi connectivity index (χ3v) is 2.90. The van der Waals surface area contributed by atoms with Crippen LogP contribution >= 0.6 is 0 Å². The van der Waals surface area contributed by atoms with E-state index in [1.165, 1.54) is 5.56 Å². The van der Waals surface area contributed by atoms with Gasteiger partial charge in [-0.05, 0) is 24.9 Å². The largest absolute Gasteiger partial charge is 0.439 e. The van der Waals surface area contributed by atoms with Crippen LogP contribution in [0.1, 0.15) is 31.7 Å². The maximum absolute atomic E-state index is 5.72. The number of nitrogens with zero attached hydrogens (tertiary/aromatic N) is 1. The molecule has 96 valence electrons. The van der Waals surface area contributed by atoms with Gasteiger partial charge in [0.25, 0.3) is 0 Å². The molecule has 1 aromatic carbocycles. The van der Waals surface area contributed by atoms with E-state index in [0.717, 1.165) is 36.6 Å². The van der Waals surface area contributed by atoms with Crippen LogP contribution in [0.2, 0.25) is 0 Å². The molecule has 0 saturated carbocycles. The minimum atomic E-state index is 0.695. The lowest BCUT2D eigenvalue weighted by molar-refractivity contribution is 0.478. The minimum Gasteiger partial charge on any atom is -0.439 e. The number of benzene rings is 1. The van der Waals surface area contributed by atoms with E-state index in [9.17, 15) is 0 Å². The number of rotatable bonds is 6. The molecule has 0 aliphatic rings. The molecule has 18 heavy (non-hydrogen) atoms. The molecule has 0 fully saturated rings. The number of hydrogen-bond donors (Lipinski definition) is 1. The summed E-state index contributed by atoms with van der Waals surface area (Å²) in [5, 5.41) is 3.28. The second-order valence-electron chi connectivity index (χ2n) is 4.35. The van der Waals surface area contributed by atoms with Gasteiger partial charge in [0.2, 0.25) is 5.89 Å². The first-order valence-corrected chi connectivity index (χ1v) is 6.58. The van der Waals surface area contributed by atoms with Gasteiger partial charge in [-0.15, -0.1) is 0 Å². The summed E-state index contributed by atoms with van der Waals surface area (Å²) in [5.74, 6) is 1.59. The molecule has 2 aromatic rings. The summed E-state index contributed by atoms with van der Waals surface area (Å²) < 4.78 is 5.72. The van der Waals surface area contributed by atoms with Crippen molar-refractivity contribution in [2.75, 3.05) is 6.54 Å². The van der Waals surface area contributed by atoms with Crippen LogP contribution in [0.25, 0.3) is 11.3 Å². The molecule has 2 rings (SSSR count). The van der Waals surface area contributed by atoms with E-state index in [2.05, 4.69) is 48.4 Å². The van der Waals surface area contributed by atoms with E-state index in [4.69, 9.17) is 4.42 Å². The maximum atomic E-state index is 5.72. The van der Waals surface area contributed by atoms with E-state index in [1.807, 2.05) is 0 Å². The Morgan fingerprint density at radius 2 is 1.94 bits per heavy atom. The van der Waals surface area contributed by atoms with Gasteiger partial charge < -0.3 is 9.73 Å². The van der Waals surface area contributed by atoms with E-state index >= 15 is 0 Å². The Kier molecular flexibility index (Phi) is 4.53. The molecule has 1 heterocycles. The Labute approximate surface area is 108 Å². The van der Waals surface area contributed by atoms with Crippen LogP contribution in [0.15, 0.2) is 34.9 Å². The van der Waals surface area contributed by atoms with Crippen molar-refractivity contribution in [3.05, 3.63) is 41.9 Å². The Morgan fingerprint density at radius 1 is 1.17 bits per heavy atom. The molecule has 0 aliphatic heterocycles. The van der Waals surface area contributed by atoms with Crippen LogP contribution in [-0.4, -0.2) is 11.5 Å². The summed E-state index contributed by atoms with van der Waals surface area (Å²) in [6, 6.07) is 8.44. The lowest BCUT2D eigenvalue weighted by atomic mass is 10.1. The van der Waals surface area contributed by atoms with Gasteiger partial charge >= 0.3 is 0 Å². The quantitative estimate of drug-likeness (QED) is 0.791. The third kappa shape index (κ3) is 3.20. The fraction of sp³-hybridized carbons (Fsp3) is 0.400. The Hall–Kier alpha value is -1.61. The van der Waals surface area contributed by atoms with Crippen LogP contribution < -0.4 is 5.32 Å². The normalized spacial score (nSPS) is 10.8. The van der Waals surface area contributed by atoms with Crippen molar-refractivity contribution in [2.24, 2.45) is 0 Å². The van der Waals surface area contributed by atoms with E-state index in [0.29, 0.717) is 6.54 Å². The number of nitrogens with one attached hydrogen (secondary N) is 1. The van der Waals surface area contributed by atoms with E-state index < -0.39 is 0 Å². The zero-order valence-corrected chi connectivity index (χ0v) is 11.1. The lowest BCUT2D eigenvalue weighted by Gasteiger charge is -2.00. The summed E-state index contributed by atoms with van der Waals surface area (Å²) in [4.78, 5) is 4.28. The van der Waals surface area contributed by atoms with Crippen LogP contribution in [0.5, 0.6) is 0 Å². The number of aryl methyl sites for hydroxylation is 1. The highest BCUT2D eigenvalue weighted by molar-refractivity contribution is 5.56. The molecule has 0 spiro atoms. The van der Waals surface area contributed by atoms with Gasteiger partial charge in [0.1, 0.15) is 0 Å². The smallest absolute Gasteiger partial charge is 0.208 e. The zero-order chi connectivity index (χ0) is 12.8. The lowest BCUT2D eigenvalue weighted by Crippen LogP contribution is -2.13. The van der Waals surface area contributed by atoms with Gasteiger partial charge in [-0.25, -0.2) is 4.98 Å². The van der Waals surface area contributed by atoms with Crippen molar-refractivity contribution >= 4 is 0 Å². The topological polar surface area (TPSA) is 38.1 Å². The molecule has 3 heteroatoms. The molecule has 0 radical (unpaired) electrons. The first-order valence-electron chi connectivity index (χ1n) is 6.58. The Bertz CT molecular complexity index is 473. The molecule has 0 amide bonds. The summed E-state index contributed by atoms with van der Waals surface area (Å²) in [7, 11) is 0. The number of oxazole rings is 1. The minimum absolute atomic E-state index is 0.695. The van der Waals surface area contributed by atoms with Gasteiger partial charge in [0.05, 0.1) is 12.7 Å². The third-order valence-electron chi connectivity index (χ3n) is 2.90. The van der Waals surface area contributed by atoms with Crippen molar-refractivity contribution in [1.82, 2.24) is 10.3 Å². The molecule has 1 aromatic heterocycles. The molecule has 1 N–H and O–H groups in total. The molecule has 3 nitrogen and oxygen atoms in total. The van der Waals surface area contributed by atoms with Crippen LogP contribution in [0, 0.1) is 0 Å². The van der Waals surface area contributed by atoms with Gasteiger partial charge in [-0.1, -0.05) is 38.1 Å². The number of hydrogen-bond acceptors (Lipinski definition) is 3. The highest BCUT2D eigenvalue weighted by Gasteiger charge is 2.05. The van der Waals surface area contributed by atoms with Gasteiger partial charge in [0.15, 0.2) is 5.76 Å². The van der Waals surface area contributed by atoms with Crippen LogP contribution in [0.4, 0.5) is 0 Å². The van der Waals surface area contributed by atoms with Crippen molar-refractivity contribution in [3.63, 3.8) is 0 Å². The summed E-state index contributed by atoms with van der Waals surface area (Å²) in [5.41, 5.74) is 2.42. The first kappa shape index (κ1) is 12.8. The molecule has 0 atom stereocenters. The van der Waals surface area contributed by atoms with Crippen molar-refractivity contribution in [1.29, 1.82) is 0 Å². The summed E-state index contributed by atoms with van der Waals surface area (Å²) >= 11 is 0. The van der Waals surface area contributed by atoms with Gasteiger partial charge in [0, 0.05) is 5.56 Å². The van der Waals surface area contributed by atoms with Crippen molar-refractivity contribution in [2.45, 2.75) is 33.2 Å². The zero-order valence-electron chi connectivity index (χ0n) is 11.1. The fourth-order valence-electron chi connectivity index (χ4n) is 1.80. The highest BCUT2D eigenvalue weighted by Crippen LogP contribution is 2.20. The summed E-state index contributed by atoms with van der Waals surface area (Å²) in [6.45, 7) is 5.98. The van der Waals surface area contributed by atoms with E-state index in [1.54, 1.807) is 6.20 Å². The molecule has 0 saturated heterocycles. The standard InChI is InChI=1S/C15H20N2O/c1-3-9-16-11-15-17-10-14(18-15)13-7-5-12(4-2)6-8-13/h5-8,10,16H,3-4,9,11H2,1-2H3. The predicted molar refractivity (Wildman–Crippen MR) is 73.3 cm³/mol. The maximum Gasteiger partial charge on any atom is 0.208 e. The fourth-order valence-corrected chi connectivity index (χ4v) is 1.80. The van der Waals surface area contributed by atoms with Gasteiger partial charge in [-0.3, -0.25) is 0 Å². The first-order chi connectivity index (χ1) is 8.83. The van der Waals surface area contributed by atoms with Crippen molar-refractivity contribution in [3.8, 4) is 11.3 Å². The average Bonchev–Trinajstić information content (AvgIpc) is 2.88. The monoisotopic (exact) mass is 244 g/mol. The predicted octanol–water partition coefficient (Wildman–Crippen LogP) is 3.40. The van der Waals surface area contributed by atoms with Gasteiger partial charge in [-0.2, -0.15) is 0 Å². The van der Waals surface area contributed by atoms with Crippen molar-refractivity contribution < 1.29 is 4.42 Å². The average molecular weight is 244 g/mol. The SMILES string of the molecule is CCCNCc1ncc(-c2ccc(CC)cc2)o1. The van der Waals surface area contributed by atoms with E-state index in [-0.39, 0.29) is 0 Å². The molecule has 0 bridgehead atoms. The number of aromatic nitrogens is 1. The molecular formula is C15H20N2O.